The molecular formula is C26H24ClF4N7O3. The quantitative estimate of drug-likeness (QED) is 0.323. The number of likely N-dealkylation sites (N-methyl/N-ethyl adjacent to an activating group) is 1. The molecule has 4 heterocycles. The number of aromatic nitrogens is 3. The van der Waals surface area contributed by atoms with Crippen molar-refractivity contribution in [1.29, 1.82) is 0 Å². The number of nitrogens with one attached hydrogen (secondary N) is 2. The molecule has 2 unspecified atom stereocenters. The zero-order valence-electron chi connectivity index (χ0n) is 21.7. The number of hydrazine groups is 1. The molecular weight excluding hydrogens is 570 g/mol. The normalized spacial score (nSPS) is 19.4. The summed E-state index contributed by atoms with van der Waals surface area (Å²) in [4.78, 5) is 27.1. The maximum absolute atomic E-state index is 13.6. The molecule has 3 aromatic rings. The average molecular weight is 594 g/mol. The van der Waals surface area contributed by atoms with Crippen LogP contribution in [0.1, 0.15) is 23.7 Å². The molecule has 2 aliphatic rings. The Kier molecular flexibility index (Phi) is 7.72. The minimum atomic E-state index is -4.58. The first-order valence-corrected chi connectivity index (χ1v) is 12.8. The van der Waals surface area contributed by atoms with E-state index in [0.29, 0.717) is 18.7 Å². The van der Waals surface area contributed by atoms with Crippen molar-refractivity contribution in [3.8, 4) is 17.0 Å². The second-order valence-corrected chi connectivity index (χ2v) is 10.1. The molecule has 0 radical (unpaired) electrons. The van der Waals surface area contributed by atoms with Gasteiger partial charge in [0.05, 0.1) is 5.02 Å². The molecule has 216 valence electrons. The van der Waals surface area contributed by atoms with Crippen LogP contribution < -0.4 is 20.5 Å². The summed E-state index contributed by atoms with van der Waals surface area (Å²) in [5.74, 6) is -2.04. The number of anilines is 3. The van der Waals surface area contributed by atoms with Gasteiger partial charge in [0.2, 0.25) is 11.8 Å². The van der Waals surface area contributed by atoms with Crippen molar-refractivity contribution < 1.29 is 32.2 Å². The Hall–Kier alpha value is -4.01. The zero-order valence-corrected chi connectivity index (χ0v) is 22.5. The van der Waals surface area contributed by atoms with Crippen LogP contribution in [-0.4, -0.2) is 69.4 Å². The van der Waals surface area contributed by atoms with Gasteiger partial charge in [-0.1, -0.05) is 11.6 Å². The molecule has 3 N–H and O–H groups in total. The van der Waals surface area contributed by atoms with E-state index < -0.39 is 24.0 Å². The summed E-state index contributed by atoms with van der Waals surface area (Å²) in [5, 5.41) is 13.7. The van der Waals surface area contributed by atoms with Crippen molar-refractivity contribution in [3.63, 3.8) is 0 Å². The maximum atomic E-state index is 13.6. The van der Waals surface area contributed by atoms with E-state index in [4.69, 9.17) is 16.3 Å². The predicted octanol–water partition coefficient (Wildman–Crippen LogP) is 5.02. The molecule has 1 saturated heterocycles. The number of alkyl halides is 3. The Labute approximate surface area is 236 Å². The van der Waals surface area contributed by atoms with Crippen LogP contribution in [0.4, 0.5) is 35.0 Å². The highest BCUT2D eigenvalue weighted by Gasteiger charge is 2.43. The van der Waals surface area contributed by atoms with Gasteiger partial charge in [0, 0.05) is 48.0 Å². The SMILES string of the molecule is CC1=CC(C(F)(F)F)NN1c1nc(Nc2ccc(F)c(Cl)c2)ncc1-c1cnc(OC2CCN(C)C2)c(C(=O)O)c1. The number of halogens is 5. The molecule has 1 aromatic carbocycles. The van der Waals surface area contributed by atoms with Gasteiger partial charge < -0.3 is 20.1 Å². The van der Waals surface area contributed by atoms with Crippen LogP contribution in [0.3, 0.4) is 0 Å². The van der Waals surface area contributed by atoms with Crippen LogP contribution in [0, 0.1) is 5.82 Å². The van der Waals surface area contributed by atoms with E-state index >= 15 is 0 Å². The fraction of sp³-hybridized carbons (Fsp3) is 0.308. The Bertz CT molecular complexity index is 1520. The molecule has 2 aliphatic heterocycles. The van der Waals surface area contributed by atoms with Crippen molar-refractivity contribution in [2.24, 2.45) is 0 Å². The molecule has 0 saturated carbocycles. The van der Waals surface area contributed by atoms with E-state index in [-0.39, 0.29) is 51.2 Å². The number of carboxylic acid groups (broad SMARTS) is 1. The highest BCUT2D eigenvalue weighted by molar-refractivity contribution is 6.31. The van der Waals surface area contributed by atoms with E-state index in [0.717, 1.165) is 23.7 Å². The lowest BCUT2D eigenvalue weighted by Gasteiger charge is -2.25. The first-order chi connectivity index (χ1) is 19.4. The lowest BCUT2D eigenvalue weighted by molar-refractivity contribution is -0.142. The fourth-order valence-electron chi connectivity index (χ4n) is 4.50. The van der Waals surface area contributed by atoms with Crippen LogP contribution in [0.2, 0.25) is 5.02 Å². The lowest BCUT2D eigenvalue weighted by atomic mass is 10.1. The van der Waals surface area contributed by atoms with Crippen molar-refractivity contribution in [3.05, 3.63) is 64.8 Å². The minimum absolute atomic E-state index is 0.0135. The van der Waals surface area contributed by atoms with E-state index in [2.05, 4.69) is 25.7 Å². The van der Waals surface area contributed by atoms with E-state index in [1.807, 2.05) is 11.9 Å². The van der Waals surface area contributed by atoms with Crippen LogP contribution in [-0.2, 0) is 0 Å². The summed E-state index contributed by atoms with van der Waals surface area (Å²) in [6.07, 6.45) is -0.443. The Morgan fingerprint density at radius 1 is 1.24 bits per heavy atom. The molecule has 41 heavy (non-hydrogen) atoms. The Morgan fingerprint density at radius 2 is 2.02 bits per heavy atom. The number of nitrogens with zero attached hydrogens (tertiary/aromatic N) is 5. The zero-order chi connectivity index (χ0) is 29.5. The molecule has 1 fully saturated rings. The second kappa shape index (κ2) is 11.1. The number of pyridine rings is 1. The van der Waals surface area contributed by atoms with Gasteiger partial charge >= 0.3 is 12.1 Å². The number of ether oxygens (including phenoxy) is 1. The molecule has 0 amide bonds. The van der Waals surface area contributed by atoms with E-state index in [1.165, 1.54) is 37.5 Å². The third-order valence-corrected chi connectivity index (χ3v) is 6.85. The summed E-state index contributed by atoms with van der Waals surface area (Å²) in [6.45, 7) is 2.87. The summed E-state index contributed by atoms with van der Waals surface area (Å²) in [6, 6.07) is 3.16. The number of carboxylic acids is 1. The van der Waals surface area contributed by atoms with Crippen LogP contribution in [0.15, 0.2) is 48.4 Å². The number of allylic oxidation sites excluding steroid dienone is 1. The fourth-order valence-corrected chi connectivity index (χ4v) is 4.68. The van der Waals surface area contributed by atoms with Gasteiger partial charge in [-0.15, -0.1) is 0 Å². The largest absolute Gasteiger partial charge is 0.477 e. The average Bonchev–Trinajstić information content (AvgIpc) is 3.51. The van der Waals surface area contributed by atoms with Crippen molar-refractivity contribution >= 4 is 35.0 Å². The van der Waals surface area contributed by atoms with Crippen LogP contribution in [0.5, 0.6) is 5.88 Å². The number of hydrogen-bond acceptors (Lipinski definition) is 9. The number of benzene rings is 1. The van der Waals surface area contributed by atoms with Crippen molar-refractivity contribution in [2.45, 2.75) is 31.7 Å². The molecule has 0 spiro atoms. The van der Waals surface area contributed by atoms with Gasteiger partial charge in [-0.2, -0.15) is 18.2 Å². The van der Waals surface area contributed by atoms with Crippen molar-refractivity contribution in [2.75, 3.05) is 30.5 Å². The Morgan fingerprint density at radius 3 is 2.66 bits per heavy atom. The van der Waals surface area contributed by atoms with Gasteiger partial charge in [0.25, 0.3) is 0 Å². The summed E-state index contributed by atoms with van der Waals surface area (Å²) in [7, 11) is 1.93. The number of likely N-dealkylation sites (tertiary alicyclic amines) is 1. The summed E-state index contributed by atoms with van der Waals surface area (Å²) >= 11 is 5.86. The molecule has 2 aromatic heterocycles. The van der Waals surface area contributed by atoms with Gasteiger partial charge in [0.1, 0.15) is 23.5 Å². The third kappa shape index (κ3) is 6.19. The van der Waals surface area contributed by atoms with E-state index in [1.54, 1.807) is 0 Å². The molecule has 5 rings (SSSR count). The minimum Gasteiger partial charge on any atom is -0.477 e. The lowest BCUT2D eigenvalue weighted by Crippen LogP contribution is -2.45. The number of aromatic carboxylic acids is 1. The molecule has 15 heteroatoms. The summed E-state index contributed by atoms with van der Waals surface area (Å²) in [5.41, 5.74) is 3.11. The topological polar surface area (TPSA) is 116 Å². The molecule has 10 nitrogen and oxygen atoms in total. The van der Waals surface area contributed by atoms with Crippen LogP contribution >= 0.6 is 11.6 Å². The first kappa shape index (κ1) is 28.5. The van der Waals surface area contributed by atoms with Gasteiger partial charge in [0.15, 0.2) is 5.82 Å². The Balaban J connectivity index is 1.54. The monoisotopic (exact) mass is 593 g/mol. The van der Waals surface area contributed by atoms with Gasteiger partial charge in [-0.3, -0.25) is 5.01 Å². The van der Waals surface area contributed by atoms with Gasteiger partial charge in [-0.25, -0.2) is 24.6 Å². The smallest absolute Gasteiger partial charge is 0.409 e. The maximum Gasteiger partial charge on any atom is 0.409 e. The highest BCUT2D eigenvalue weighted by atomic mass is 35.5. The van der Waals surface area contributed by atoms with Gasteiger partial charge in [-0.05, 0) is 50.7 Å². The van der Waals surface area contributed by atoms with E-state index in [9.17, 15) is 27.5 Å². The van der Waals surface area contributed by atoms with Crippen LogP contribution in [0.25, 0.3) is 11.1 Å². The number of carbonyl (C=O) groups is 1. The third-order valence-electron chi connectivity index (χ3n) is 6.56. The highest BCUT2D eigenvalue weighted by Crippen LogP contribution is 2.37. The second-order valence-electron chi connectivity index (χ2n) is 9.65. The standard InChI is InChI=1S/C26H24ClF4N7O3/c1-13-7-21(26(29,30)31)36-38(13)22-18(11-33-25(35-22)34-15-3-4-20(28)19(27)9-15)14-8-17(24(39)40)23(32-10-14)41-16-5-6-37(2)12-16/h3-4,7-11,16,21,36H,5-6,12H2,1-2H3,(H,39,40)(H,33,34,35). The first-order valence-electron chi connectivity index (χ1n) is 12.4. The summed E-state index contributed by atoms with van der Waals surface area (Å²) < 4.78 is 60.1. The molecule has 0 aliphatic carbocycles. The molecule has 0 bridgehead atoms. The number of hydrogen-bond donors (Lipinski definition) is 3. The predicted molar refractivity (Wildman–Crippen MR) is 143 cm³/mol. The molecule has 2 atom stereocenters. The van der Waals surface area contributed by atoms with Crippen molar-refractivity contribution in [1.82, 2.24) is 25.3 Å². The number of rotatable bonds is 7.